The largest absolute Gasteiger partial charge is 0.382 e. The van der Waals surface area contributed by atoms with Crippen molar-refractivity contribution in [1.82, 2.24) is 9.97 Å². The van der Waals surface area contributed by atoms with Crippen LogP contribution in [-0.4, -0.2) is 15.8 Å². The highest BCUT2D eigenvalue weighted by molar-refractivity contribution is 5.92. The van der Waals surface area contributed by atoms with E-state index in [9.17, 15) is 0 Å². The van der Waals surface area contributed by atoms with E-state index in [0.717, 1.165) is 0 Å². The minimum Gasteiger partial charge on any atom is -0.382 e. The van der Waals surface area contributed by atoms with Crippen LogP contribution in [0.25, 0.3) is 0 Å². The van der Waals surface area contributed by atoms with Gasteiger partial charge in [0, 0.05) is 6.20 Å². The molecule has 0 radical (unpaired) electrons. The van der Waals surface area contributed by atoms with Crippen molar-refractivity contribution in [2.75, 3.05) is 0 Å². The van der Waals surface area contributed by atoms with Crippen LogP contribution in [-0.2, 0) is 0 Å². The Kier molecular flexibility index (Phi) is 4.45. The van der Waals surface area contributed by atoms with E-state index in [-0.39, 0.29) is 5.84 Å². The maximum atomic E-state index is 7.02. The molecule has 0 aliphatic rings. The molecule has 0 aliphatic carbocycles. The highest BCUT2D eigenvalue weighted by atomic mass is 14.9. The van der Waals surface area contributed by atoms with Gasteiger partial charge in [-0.15, -0.1) is 0 Å². The summed E-state index contributed by atoms with van der Waals surface area (Å²) in [5, 5.41) is 7.02. The molecular weight excluding hydrogens is 152 g/mol. The van der Waals surface area contributed by atoms with E-state index < -0.39 is 0 Å². The van der Waals surface area contributed by atoms with Gasteiger partial charge in [-0.05, 0) is 13.0 Å². The maximum absolute atomic E-state index is 7.02. The van der Waals surface area contributed by atoms with Crippen molar-refractivity contribution in [3.8, 4) is 0 Å². The van der Waals surface area contributed by atoms with Crippen LogP contribution in [0.3, 0.4) is 0 Å². The molecule has 1 rings (SSSR count). The average Bonchev–Trinajstić information content (AvgIpc) is 2.08. The average molecular weight is 165 g/mol. The molecule has 0 saturated heterocycles. The van der Waals surface area contributed by atoms with Gasteiger partial charge in [-0.3, -0.25) is 5.41 Å². The van der Waals surface area contributed by atoms with Gasteiger partial charge >= 0.3 is 0 Å². The van der Waals surface area contributed by atoms with Gasteiger partial charge in [0.1, 0.15) is 17.4 Å². The minimum absolute atomic E-state index is 0.0227. The summed E-state index contributed by atoms with van der Waals surface area (Å²) in [6.45, 7) is 6.76. The van der Waals surface area contributed by atoms with Crippen LogP contribution >= 0.6 is 0 Å². The molecule has 0 bridgehead atoms. The van der Waals surface area contributed by atoms with Crippen LogP contribution in [0.5, 0.6) is 0 Å². The Hall–Kier alpha value is -1.58. The highest BCUT2D eigenvalue weighted by Gasteiger charge is 1.95. The lowest BCUT2D eigenvalue weighted by Crippen LogP contribution is -2.13. The second-order valence-electron chi connectivity index (χ2n) is 1.90. The maximum Gasteiger partial charge on any atom is 0.141 e. The molecule has 0 unspecified atom stereocenters. The van der Waals surface area contributed by atoms with Crippen LogP contribution < -0.4 is 5.73 Å². The minimum atomic E-state index is -0.0227. The lowest BCUT2D eigenvalue weighted by Gasteiger charge is -1.95. The molecule has 12 heavy (non-hydrogen) atoms. The van der Waals surface area contributed by atoms with Gasteiger partial charge < -0.3 is 5.73 Å². The zero-order valence-corrected chi connectivity index (χ0v) is 7.33. The Bertz CT molecular complexity index is 257. The zero-order valence-electron chi connectivity index (χ0n) is 7.33. The molecule has 0 spiro atoms. The molecular formula is C8H13N4+. The SMILES string of the molecule is Cc1nccc(C(=N)N)n1.[CH2+]C. The van der Waals surface area contributed by atoms with Crippen molar-refractivity contribution >= 4 is 5.84 Å². The van der Waals surface area contributed by atoms with Crippen LogP contribution in [0.2, 0.25) is 0 Å². The van der Waals surface area contributed by atoms with E-state index in [1.165, 1.54) is 0 Å². The number of nitrogens with two attached hydrogens (primary N) is 1. The Morgan fingerprint density at radius 3 is 2.50 bits per heavy atom. The Morgan fingerprint density at radius 2 is 2.17 bits per heavy atom. The second kappa shape index (κ2) is 5.12. The summed E-state index contributed by atoms with van der Waals surface area (Å²) >= 11 is 0. The van der Waals surface area contributed by atoms with Gasteiger partial charge in [-0.2, -0.15) is 0 Å². The van der Waals surface area contributed by atoms with Crippen molar-refractivity contribution in [2.24, 2.45) is 5.73 Å². The molecule has 64 valence electrons. The molecule has 0 amide bonds. The van der Waals surface area contributed by atoms with Gasteiger partial charge in [0.25, 0.3) is 0 Å². The number of rotatable bonds is 1. The summed E-state index contributed by atoms with van der Waals surface area (Å²) in [6.07, 6.45) is 1.58. The number of hydrogen-bond donors (Lipinski definition) is 2. The van der Waals surface area contributed by atoms with Crippen LogP contribution in [0.1, 0.15) is 18.4 Å². The van der Waals surface area contributed by atoms with E-state index in [4.69, 9.17) is 11.1 Å². The molecule has 0 aliphatic heterocycles. The summed E-state index contributed by atoms with van der Waals surface area (Å²) < 4.78 is 0. The van der Waals surface area contributed by atoms with Crippen LogP contribution in [0.15, 0.2) is 12.3 Å². The van der Waals surface area contributed by atoms with E-state index >= 15 is 0 Å². The fourth-order valence-corrected chi connectivity index (χ4v) is 0.606. The fraction of sp³-hybridized carbons (Fsp3) is 0.250. The smallest absolute Gasteiger partial charge is 0.141 e. The highest BCUT2D eigenvalue weighted by Crippen LogP contribution is 1.91. The quantitative estimate of drug-likeness (QED) is 0.369. The Labute approximate surface area is 72.4 Å². The third kappa shape index (κ3) is 3.01. The van der Waals surface area contributed by atoms with Gasteiger partial charge in [-0.1, -0.05) is 0 Å². The second-order valence-corrected chi connectivity index (χ2v) is 1.90. The first-order valence-corrected chi connectivity index (χ1v) is 3.55. The topological polar surface area (TPSA) is 75.7 Å². The normalized spacial score (nSPS) is 8.17. The first-order chi connectivity index (χ1) is 5.70. The lowest BCUT2D eigenvalue weighted by molar-refractivity contribution is 1.04. The number of nitrogens with one attached hydrogen (secondary N) is 1. The fourth-order valence-electron chi connectivity index (χ4n) is 0.606. The molecule has 1 aromatic heterocycles. The Balaban J connectivity index is 0.000000561. The van der Waals surface area contributed by atoms with Gasteiger partial charge in [-0.25, -0.2) is 9.97 Å². The van der Waals surface area contributed by atoms with Crippen molar-refractivity contribution in [1.29, 1.82) is 5.41 Å². The summed E-state index contributed by atoms with van der Waals surface area (Å²) in [6, 6.07) is 1.61. The van der Waals surface area contributed by atoms with Crippen LogP contribution in [0.4, 0.5) is 0 Å². The summed E-state index contributed by atoms with van der Waals surface area (Å²) in [7, 11) is 0. The Morgan fingerprint density at radius 1 is 1.58 bits per heavy atom. The number of hydrogen-bond acceptors (Lipinski definition) is 3. The predicted molar refractivity (Wildman–Crippen MR) is 48.8 cm³/mol. The monoisotopic (exact) mass is 165 g/mol. The molecule has 4 nitrogen and oxygen atoms in total. The lowest BCUT2D eigenvalue weighted by atomic mass is 10.4. The van der Waals surface area contributed by atoms with Crippen molar-refractivity contribution in [3.05, 3.63) is 30.7 Å². The predicted octanol–water partition coefficient (Wildman–Crippen LogP) is 0.909. The first-order valence-electron chi connectivity index (χ1n) is 3.55. The molecule has 1 aromatic rings. The summed E-state index contributed by atoms with van der Waals surface area (Å²) in [5.74, 6) is 0.609. The van der Waals surface area contributed by atoms with E-state index in [2.05, 4.69) is 16.9 Å². The van der Waals surface area contributed by atoms with Crippen molar-refractivity contribution in [2.45, 2.75) is 13.8 Å². The molecule has 0 fully saturated rings. The third-order valence-electron chi connectivity index (χ3n) is 1.05. The third-order valence-corrected chi connectivity index (χ3v) is 1.05. The molecule has 0 aromatic carbocycles. The molecule has 4 heteroatoms. The van der Waals surface area contributed by atoms with E-state index in [1.54, 1.807) is 26.1 Å². The first kappa shape index (κ1) is 10.4. The van der Waals surface area contributed by atoms with Gasteiger partial charge in [0.15, 0.2) is 0 Å². The number of amidine groups is 1. The summed E-state index contributed by atoms with van der Waals surface area (Å²) in [4.78, 5) is 7.77. The molecule has 0 saturated carbocycles. The van der Waals surface area contributed by atoms with E-state index in [1.807, 2.05) is 0 Å². The molecule has 0 atom stereocenters. The zero-order chi connectivity index (χ0) is 9.56. The van der Waals surface area contributed by atoms with Gasteiger partial charge in [0.05, 0.1) is 13.8 Å². The number of aryl methyl sites for hydroxylation is 1. The number of aromatic nitrogens is 2. The number of nitrogens with zero attached hydrogens (tertiary/aromatic N) is 2. The summed E-state index contributed by atoms with van der Waals surface area (Å²) in [5.41, 5.74) is 5.65. The van der Waals surface area contributed by atoms with Crippen molar-refractivity contribution in [3.63, 3.8) is 0 Å². The van der Waals surface area contributed by atoms with Crippen LogP contribution in [0, 0.1) is 19.3 Å². The van der Waals surface area contributed by atoms with Gasteiger partial charge in [0.2, 0.25) is 0 Å². The molecule has 3 N–H and O–H groups in total. The number of nitrogen functional groups attached to an aromatic ring is 1. The van der Waals surface area contributed by atoms with E-state index in [0.29, 0.717) is 11.5 Å². The standard InChI is InChI=1S/C6H8N4.C2H5/c1-4-9-3-2-5(10-4)6(7)8;1-2/h2-3H,1H3,(H3,7,8);1H2,2H3/q;+1. The van der Waals surface area contributed by atoms with Crippen molar-refractivity contribution < 1.29 is 0 Å². The molecule has 1 heterocycles.